The molecule has 4 aromatic rings. The Morgan fingerprint density at radius 3 is 1.71 bits per heavy atom. The van der Waals surface area contributed by atoms with Crippen molar-refractivity contribution in [2.24, 2.45) is 0 Å². The second-order valence-corrected chi connectivity index (χ2v) is 6.20. The van der Waals surface area contributed by atoms with Gasteiger partial charge in [0, 0.05) is 11.8 Å². The highest BCUT2D eigenvalue weighted by Crippen LogP contribution is 2.10. The predicted molar refractivity (Wildman–Crippen MR) is 108 cm³/mol. The summed E-state index contributed by atoms with van der Waals surface area (Å²) in [6.45, 7) is 0. The van der Waals surface area contributed by atoms with Crippen LogP contribution in [0.4, 0.5) is 0 Å². The molecule has 5 nitrogen and oxygen atoms in total. The van der Waals surface area contributed by atoms with Gasteiger partial charge < -0.3 is 0 Å². The minimum Gasteiger partial charge on any atom is -0.288 e. The summed E-state index contributed by atoms with van der Waals surface area (Å²) in [5.74, 6) is -0.431. The lowest BCUT2D eigenvalue weighted by molar-refractivity contribution is 0.103. The monoisotopic (exact) mass is 368 g/mol. The second-order valence-electron chi connectivity index (χ2n) is 6.20. The average molecular weight is 368 g/mol. The van der Waals surface area contributed by atoms with Gasteiger partial charge >= 0.3 is 5.69 Å². The van der Waals surface area contributed by atoms with Crippen LogP contribution in [0.5, 0.6) is 0 Å². The maximum Gasteiger partial charge on any atom is 0.340 e. The molecule has 0 saturated heterocycles. The van der Waals surface area contributed by atoms with E-state index < -0.39 is 17.0 Å². The molecule has 0 amide bonds. The van der Waals surface area contributed by atoms with Crippen molar-refractivity contribution in [3.63, 3.8) is 0 Å². The zero-order chi connectivity index (χ0) is 19.5. The molecule has 0 fully saturated rings. The van der Waals surface area contributed by atoms with Crippen molar-refractivity contribution in [3.8, 4) is 11.4 Å². The smallest absolute Gasteiger partial charge is 0.288 e. The minimum absolute atomic E-state index is 0.0708. The fourth-order valence-corrected chi connectivity index (χ4v) is 3.03. The molecule has 0 N–H and O–H groups in total. The molecule has 28 heavy (non-hydrogen) atoms. The van der Waals surface area contributed by atoms with Gasteiger partial charge in [0.05, 0.1) is 11.4 Å². The maximum absolute atomic E-state index is 13.1. The highest BCUT2D eigenvalue weighted by atomic mass is 16.2. The van der Waals surface area contributed by atoms with E-state index in [9.17, 15) is 14.4 Å². The lowest BCUT2D eigenvalue weighted by Gasteiger charge is -2.13. The van der Waals surface area contributed by atoms with Crippen molar-refractivity contribution in [3.05, 3.63) is 129 Å². The van der Waals surface area contributed by atoms with E-state index in [-0.39, 0.29) is 5.56 Å². The molecule has 0 bridgehead atoms. The van der Waals surface area contributed by atoms with Gasteiger partial charge in [0.2, 0.25) is 0 Å². The van der Waals surface area contributed by atoms with Crippen molar-refractivity contribution in [1.82, 2.24) is 9.13 Å². The molecule has 0 spiro atoms. The Balaban J connectivity index is 2.03. The fraction of sp³-hybridized carbons (Fsp3) is 0. The first-order valence-corrected chi connectivity index (χ1v) is 8.76. The Morgan fingerprint density at radius 1 is 0.643 bits per heavy atom. The van der Waals surface area contributed by atoms with Crippen LogP contribution in [0.1, 0.15) is 15.9 Å². The number of carbonyl (C=O) groups excluding carboxylic acids is 1. The summed E-state index contributed by atoms with van der Waals surface area (Å²) in [6, 6.07) is 26.0. The van der Waals surface area contributed by atoms with E-state index >= 15 is 0 Å². The van der Waals surface area contributed by atoms with Crippen molar-refractivity contribution in [2.75, 3.05) is 0 Å². The topological polar surface area (TPSA) is 61.1 Å². The van der Waals surface area contributed by atoms with E-state index in [1.165, 1.54) is 10.8 Å². The number of benzene rings is 3. The molecular weight excluding hydrogens is 352 g/mol. The number of rotatable bonds is 4. The van der Waals surface area contributed by atoms with Gasteiger partial charge in [0.25, 0.3) is 5.56 Å². The first-order chi connectivity index (χ1) is 13.7. The van der Waals surface area contributed by atoms with Crippen LogP contribution in [0, 0.1) is 0 Å². The van der Waals surface area contributed by atoms with Gasteiger partial charge in [0.1, 0.15) is 5.56 Å². The maximum atomic E-state index is 13.1. The first-order valence-electron chi connectivity index (χ1n) is 8.76. The van der Waals surface area contributed by atoms with E-state index in [0.717, 1.165) is 4.57 Å². The normalized spacial score (nSPS) is 10.6. The summed E-state index contributed by atoms with van der Waals surface area (Å²) < 4.78 is 2.35. The third kappa shape index (κ3) is 3.10. The number of hydrogen-bond donors (Lipinski definition) is 0. The van der Waals surface area contributed by atoms with E-state index in [1.54, 1.807) is 84.9 Å². The van der Waals surface area contributed by atoms with Crippen LogP contribution < -0.4 is 11.2 Å². The van der Waals surface area contributed by atoms with Crippen molar-refractivity contribution >= 4 is 5.78 Å². The van der Waals surface area contributed by atoms with E-state index in [1.807, 2.05) is 6.07 Å². The number of hydrogen-bond acceptors (Lipinski definition) is 3. The standard InChI is InChI=1S/C23H16N2O3/c26-21(17-10-4-1-5-11-17)20-16-24(18-12-6-2-7-13-18)23(28)25(22(20)27)19-14-8-3-9-15-19/h1-16H. The van der Waals surface area contributed by atoms with Crippen molar-refractivity contribution in [2.45, 2.75) is 0 Å². The van der Waals surface area contributed by atoms with Gasteiger partial charge in [-0.2, -0.15) is 0 Å². The third-order valence-electron chi connectivity index (χ3n) is 4.42. The number of para-hydroxylation sites is 2. The lowest BCUT2D eigenvalue weighted by atomic mass is 10.1. The van der Waals surface area contributed by atoms with Crippen LogP contribution in [-0.4, -0.2) is 14.9 Å². The summed E-state index contributed by atoms with van der Waals surface area (Å²) in [6.07, 6.45) is 1.33. The van der Waals surface area contributed by atoms with Gasteiger partial charge in [-0.3, -0.25) is 14.2 Å². The van der Waals surface area contributed by atoms with Gasteiger partial charge in [-0.25, -0.2) is 9.36 Å². The van der Waals surface area contributed by atoms with E-state index in [0.29, 0.717) is 16.9 Å². The first kappa shape index (κ1) is 17.4. The Morgan fingerprint density at radius 2 is 1.14 bits per heavy atom. The number of nitrogens with zero attached hydrogens (tertiary/aromatic N) is 2. The molecule has 1 heterocycles. The lowest BCUT2D eigenvalue weighted by Crippen LogP contribution is -2.40. The Kier molecular flexibility index (Phi) is 4.56. The van der Waals surface area contributed by atoms with Crippen LogP contribution in [-0.2, 0) is 0 Å². The minimum atomic E-state index is -0.641. The molecule has 4 rings (SSSR count). The Labute approximate surface area is 160 Å². The molecule has 0 saturated carbocycles. The van der Waals surface area contributed by atoms with Crippen LogP contribution in [0.2, 0.25) is 0 Å². The molecule has 0 unspecified atom stereocenters. The Hall–Kier alpha value is -3.99. The average Bonchev–Trinajstić information content (AvgIpc) is 2.75. The van der Waals surface area contributed by atoms with Gasteiger partial charge in [-0.15, -0.1) is 0 Å². The summed E-state index contributed by atoms with van der Waals surface area (Å²) in [4.78, 5) is 39.3. The zero-order valence-electron chi connectivity index (χ0n) is 14.9. The molecule has 0 aliphatic heterocycles. The van der Waals surface area contributed by atoms with Gasteiger partial charge in [-0.1, -0.05) is 66.7 Å². The number of ketones is 1. The Bertz CT molecular complexity index is 1240. The molecule has 5 heteroatoms. The summed E-state index contributed by atoms with van der Waals surface area (Å²) in [7, 11) is 0. The van der Waals surface area contributed by atoms with Crippen LogP contribution in [0.3, 0.4) is 0 Å². The molecule has 3 aromatic carbocycles. The number of carbonyl (C=O) groups is 1. The molecule has 0 atom stereocenters. The highest BCUT2D eigenvalue weighted by molar-refractivity contribution is 6.08. The molecule has 0 aliphatic rings. The zero-order valence-corrected chi connectivity index (χ0v) is 14.9. The summed E-state index contributed by atoms with van der Waals surface area (Å²) >= 11 is 0. The molecule has 0 radical (unpaired) electrons. The van der Waals surface area contributed by atoms with Gasteiger partial charge in [0.15, 0.2) is 5.78 Å². The second kappa shape index (κ2) is 7.32. The SMILES string of the molecule is O=C(c1ccccc1)c1cn(-c2ccccc2)c(=O)n(-c2ccccc2)c1=O. The molecule has 136 valence electrons. The predicted octanol–water partition coefficient (Wildman–Crippen LogP) is 3.22. The third-order valence-corrected chi connectivity index (χ3v) is 4.42. The highest BCUT2D eigenvalue weighted by Gasteiger charge is 2.20. The number of aromatic nitrogens is 2. The molecular formula is C23H16N2O3. The quantitative estimate of drug-likeness (QED) is 0.520. The van der Waals surface area contributed by atoms with Crippen LogP contribution in [0.25, 0.3) is 11.4 Å². The molecule has 1 aromatic heterocycles. The van der Waals surface area contributed by atoms with Gasteiger partial charge in [-0.05, 0) is 24.3 Å². The van der Waals surface area contributed by atoms with Crippen molar-refractivity contribution < 1.29 is 4.79 Å². The van der Waals surface area contributed by atoms with Crippen LogP contribution >= 0.6 is 0 Å². The summed E-state index contributed by atoms with van der Waals surface area (Å²) in [5, 5.41) is 0. The molecule has 0 aliphatic carbocycles. The van der Waals surface area contributed by atoms with Crippen LogP contribution in [0.15, 0.2) is 107 Å². The van der Waals surface area contributed by atoms with Crippen molar-refractivity contribution in [1.29, 1.82) is 0 Å². The summed E-state index contributed by atoms with van der Waals surface area (Å²) in [5.41, 5.74) is 0.115. The fourth-order valence-electron chi connectivity index (χ4n) is 3.03. The van der Waals surface area contributed by atoms with E-state index in [4.69, 9.17) is 0 Å². The largest absolute Gasteiger partial charge is 0.340 e. The van der Waals surface area contributed by atoms with E-state index in [2.05, 4.69) is 0 Å².